The maximum absolute atomic E-state index is 12.2. The highest BCUT2D eigenvalue weighted by molar-refractivity contribution is 5.91. The first kappa shape index (κ1) is 11.7. The third-order valence-electron chi connectivity index (χ3n) is 4.16. The molecule has 2 bridgehead atoms. The summed E-state index contributed by atoms with van der Waals surface area (Å²) in [5.74, 6) is -0.0546. The highest BCUT2D eigenvalue weighted by Gasteiger charge is 2.51. The van der Waals surface area contributed by atoms with Crippen LogP contribution in [0.5, 0.6) is 0 Å². The number of rotatable bonds is 1. The van der Waals surface area contributed by atoms with E-state index in [1.165, 1.54) is 7.11 Å². The van der Waals surface area contributed by atoms with Crippen molar-refractivity contribution in [3.05, 3.63) is 47.7 Å². The van der Waals surface area contributed by atoms with Gasteiger partial charge in [-0.15, -0.1) is 0 Å². The predicted octanol–water partition coefficient (Wildman–Crippen LogP) is 2.87. The van der Waals surface area contributed by atoms with Gasteiger partial charge in [0.15, 0.2) is 0 Å². The minimum atomic E-state index is -0.594. The molecule has 0 spiro atoms. The highest BCUT2D eigenvalue weighted by atomic mass is 16.5. The zero-order valence-corrected chi connectivity index (χ0v) is 11.3. The number of benzene rings is 1. The molecular formula is C16H14O4. The Labute approximate surface area is 116 Å². The van der Waals surface area contributed by atoms with Crippen LogP contribution in [0.2, 0.25) is 0 Å². The van der Waals surface area contributed by atoms with Crippen molar-refractivity contribution < 1.29 is 18.7 Å². The molecule has 0 saturated heterocycles. The van der Waals surface area contributed by atoms with Gasteiger partial charge in [0, 0.05) is 10.9 Å². The molecule has 4 nitrogen and oxygen atoms in total. The summed E-state index contributed by atoms with van der Waals surface area (Å²) in [7, 11) is 1.40. The SMILES string of the molecule is COC(=O)[C@@H]1c2c(oc3ccccc23)[C@]2(C)C=C[C@H]1O2. The molecule has 1 aromatic carbocycles. The Bertz CT molecular complexity index is 742. The summed E-state index contributed by atoms with van der Waals surface area (Å²) < 4.78 is 16.9. The monoisotopic (exact) mass is 270 g/mol. The van der Waals surface area contributed by atoms with Crippen molar-refractivity contribution in [2.45, 2.75) is 24.5 Å². The van der Waals surface area contributed by atoms with Gasteiger partial charge in [0.25, 0.3) is 0 Å². The summed E-state index contributed by atoms with van der Waals surface area (Å²) >= 11 is 0. The van der Waals surface area contributed by atoms with E-state index >= 15 is 0 Å². The molecule has 1 aromatic heterocycles. The summed E-state index contributed by atoms with van der Waals surface area (Å²) in [5.41, 5.74) is 1.08. The Kier molecular flexibility index (Phi) is 2.19. The molecule has 0 unspecified atom stereocenters. The van der Waals surface area contributed by atoms with Crippen LogP contribution in [0.15, 0.2) is 40.8 Å². The Morgan fingerprint density at radius 3 is 2.95 bits per heavy atom. The fourth-order valence-corrected chi connectivity index (χ4v) is 3.23. The van der Waals surface area contributed by atoms with Crippen molar-refractivity contribution >= 4 is 16.9 Å². The Morgan fingerprint density at radius 2 is 2.15 bits per heavy atom. The van der Waals surface area contributed by atoms with Crippen LogP contribution in [-0.4, -0.2) is 19.2 Å². The first-order valence-electron chi connectivity index (χ1n) is 6.61. The number of esters is 1. The van der Waals surface area contributed by atoms with E-state index in [4.69, 9.17) is 13.9 Å². The second-order valence-corrected chi connectivity index (χ2v) is 5.39. The van der Waals surface area contributed by atoms with Gasteiger partial charge >= 0.3 is 5.97 Å². The first-order valence-corrected chi connectivity index (χ1v) is 6.61. The van der Waals surface area contributed by atoms with Crippen LogP contribution in [0.25, 0.3) is 11.0 Å². The Hall–Kier alpha value is -2.07. The molecule has 0 aliphatic carbocycles. The van der Waals surface area contributed by atoms with Crippen LogP contribution < -0.4 is 0 Å². The molecule has 0 fully saturated rings. The van der Waals surface area contributed by atoms with E-state index in [9.17, 15) is 4.79 Å². The second kappa shape index (κ2) is 3.73. The van der Waals surface area contributed by atoms with Crippen LogP contribution >= 0.6 is 0 Å². The average molecular weight is 270 g/mol. The number of ether oxygens (including phenoxy) is 2. The van der Waals surface area contributed by atoms with Crippen LogP contribution in [0.4, 0.5) is 0 Å². The van der Waals surface area contributed by atoms with E-state index in [0.29, 0.717) is 5.76 Å². The largest absolute Gasteiger partial charge is 0.468 e. The number of carbonyl (C=O) groups is 1. The normalized spacial score (nSPS) is 30.5. The fraction of sp³-hybridized carbons (Fsp3) is 0.312. The molecule has 102 valence electrons. The molecule has 0 radical (unpaired) electrons. The van der Waals surface area contributed by atoms with Crippen LogP contribution in [0, 0.1) is 0 Å². The highest BCUT2D eigenvalue weighted by Crippen LogP contribution is 2.50. The van der Waals surface area contributed by atoms with E-state index in [2.05, 4.69) is 0 Å². The topological polar surface area (TPSA) is 48.7 Å². The third kappa shape index (κ3) is 1.32. The minimum absolute atomic E-state index is 0.291. The Morgan fingerprint density at radius 1 is 1.35 bits per heavy atom. The molecule has 2 aliphatic heterocycles. The summed E-state index contributed by atoms with van der Waals surface area (Å²) in [6.07, 6.45) is 3.59. The van der Waals surface area contributed by atoms with Crippen molar-refractivity contribution in [3.63, 3.8) is 0 Å². The van der Waals surface area contributed by atoms with Crippen LogP contribution in [0.3, 0.4) is 0 Å². The number of para-hydroxylation sites is 1. The number of fused-ring (bicyclic) bond motifs is 6. The molecule has 4 heteroatoms. The standard InChI is InChI=1S/C16H14O4/c1-16-8-7-11(20-16)13(15(17)18-2)12-9-5-3-4-6-10(9)19-14(12)16/h3-8,11,13H,1-2H3/t11-,13+,16+/m1/s1. The molecule has 20 heavy (non-hydrogen) atoms. The molecule has 3 heterocycles. The Balaban J connectivity index is 2.05. The van der Waals surface area contributed by atoms with Gasteiger partial charge in [-0.25, -0.2) is 0 Å². The van der Waals surface area contributed by atoms with Crippen LogP contribution in [-0.2, 0) is 19.9 Å². The van der Waals surface area contributed by atoms with Crippen molar-refractivity contribution in [2.75, 3.05) is 7.11 Å². The minimum Gasteiger partial charge on any atom is -0.468 e. The molecule has 0 N–H and O–H groups in total. The zero-order chi connectivity index (χ0) is 13.9. The molecule has 0 amide bonds. The number of carbonyl (C=O) groups excluding carboxylic acids is 1. The molecular weight excluding hydrogens is 256 g/mol. The van der Waals surface area contributed by atoms with E-state index in [1.54, 1.807) is 0 Å². The van der Waals surface area contributed by atoms with Gasteiger partial charge in [0.1, 0.15) is 22.9 Å². The van der Waals surface area contributed by atoms with Gasteiger partial charge in [-0.05, 0) is 19.1 Å². The lowest BCUT2D eigenvalue weighted by Crippen LogP contribution is -2.37. The van der Waals surface area contributed by atoms with E-state index in [-0.39, 0.29) is 12.1 Å². The van der Waals surface area contributed by atoms with E-state index < -0.39 is 11.5 Å². The summed E-state index contributed by atoms with van der Waals surface area (Å²) in [5, 5.41) is 0.959. The number of hydrogen-bond acceptors (Lipinski definition) is 4. The summed E-state index contributed by atoms with van der Waals surface area (Å²) in [4.78, 5) is 12.2. The quantitative estimate of drug-likeness (QED) is 0.590. The van der Waals surface area contributed by atoms with Gasteiger partial charge in [-0.1, -0.05) is 24.3 Å². The van der Waals surface area contributed by atoms with Crippen molar-refractivity contribution in [1.29, 1.82) is 0 Å². The van der Waals surface area contributed by atoms with Gasteiger partial charge in [0.2, 0.25) is 0 Å². The molecule has 2 aliphatic rings. The molecule has 4 rings (SSSR count). The van der Waals surface area contributed by atoms with Crippen molar-refractivity contribution in [2.24, 2.45) is 0 Å². The predicted molar refractivity (Wildman–Crippen MR) is 72.3 cm³/mol. The van der Waals surface area contributed by atoms with Gasteiger partial charge in [0.05, 0.1) is 13.2 Å². The van der Waals surface area contributed by atoms with Gasteiger partial charge < -0.3 is 13.9 Å². The van der Waals surface area contributed by atoms with E-state index in [1.807, 2.05) is 43.3 Å². The van der Waals surface area contributed by atoms with Gasteiger partial charge in [-0.3, -0.25) is 4.79 Å². The summed E-state index contributed by atoms with van der Waals surface area (Å²) in [6, 6.07) is 7.74. The summed E-state index contributed by atoms with van der Waals surface area (Å²) in [6.45, 7) is 1.96. The lowest BCUT2D eigenvalue weighted by Gasteiger charge is -2.33. The van der Waals surface area contributed by atoms with Crippen molar-refractivity contribution in [1.82, 2.24) is 0 Å². The molecule has 2 aromatic rings. The maximum Gasteiger partial charge on any atom is 0.316 e. The second-order valence-electron chi connectivity index (χ2n) is 5.39. The van der Waals surface area contributed by atoms with Crippen molar-refractivity contribution in [3.8, 4) is 0 Å². The molecule has 0 saturated carbocycles. The molecule has 3 atom stereocenters. The number of hydrogen-bond donors (Lipinski definition) is 0. The number of furan rings is 1. The lowest BCUT2D eigenvalue weighted by molar-refractivity contribution is -0.149. The smallest absolute Gasteiger partial charge is 0.316 e. The first-order chi connectivity index (χ1) is 9.64. The van der Waals surface area contributed by atoms with E-state index in [0.717, 1.165) is 16.5 Å². The third-order valence-corrected chi connectivity index (χ3v) is 4.16. The average Bonchev–Trinajstić information content (AvgIpc) is 3.00. The van der Waals surface area contributed by atoms with Crippen LogP contribution in [0.1, 0.15) is 24.2 Å². The number of methoxy groups -OCH3 is 1. The van der Waals surface area contributed by atoms with Gasteiger partial charge in [-0.2, -0.15) is 0 Å². The lowest BCUT2D eigenvalue weighted by atomic mass is 9.86. The maximum atomic E-state index is 12.2. The zero-order valence-electron chi connectivity index (χ0n) is 11.3. The fourth-order valence-electron chi connectivity index (χ4n) is 3.23.